The Kier molecular flexibility index (Phi) is 4.49. The van der Waals surface area contributed by atoms with Crippen LogP contribution in [0.3, 0.4) is 0 Å². The summed E-state index contributed by atoms with van der Waals surface area (Å²) in [5.74, 6) is -0.208. The molecule has 130 valence electrons. The van der Waals surface area contributed by atoms with Gasteiger partial charge in [0.1, 0.15) is 5.69 Å². The maximum Gasteiger partial charge on any atom is 0.253 e. The monoisotopic (exact) mass is 337 g/mol. The minimum absolute atomic E-state index is 0.207. The van der Waals surface area contributed by atoms with Crippen LogP contribution in [0.4, 0.5) is 0 Å². The van der Waals surface area contributed by atoms with Crippen LogP contribution in [0.2, 0.25) is 0 Å². The van der Waals surface area contributed by atoms with Crippen LogP contribution in [0.1, 0.15) is 53.0 Å². The molecule has 2 aliphatic rings. The average Bonchev–Trinajstić information content (AvgIpc) is 3.05. The second kappa shape index (κ2) is 6.92. The van der Waals surface area contributed by atoms with E-state index in [4.69, 9.17) is 0 Å². The van der Waals surface area contributed by atoms with Crippen molar-refractivity contribution >= 4 is 23.1 Å². The van der Waals surface area contributed by atoms with Crippen LogP contribution in [0.15, 0.2) is 30.3 Å². The van der Waals surface area contributed by atoms with Crippen LogP contribution in [-0.2, 0) is 0 Å². The van der Waals surface area contributed by atoms with Crippen LogP contribution in [0.25, 0.3) is 10.9 Å². The summed E-state index contributed by atoms with van der Waals surface area (Å²) in [6, 6.07) is 10.4. The molecule has 0 radical (unpaired) electrons. The molecule has 2 fully saturated rings. The van der Waals surface area contributed by atoms with Gasteiger partial charge in [-0.25, -0.2) is 4.98 Å². The summed E-state index contributed by atoms with van der Waals surface area (Å²) in [6.45, 7) is 1.78. The van der Waals surface area contributed by atoms with Gasteiger partial charge in [0.05, 0.1) is 11.1 Å². The van der Waals surface area contributed by atoms with E-state index in [1.54, 1.807) is 6.07 Å². The first-order valence-electron chi connectivity index (χ1n) is 9.15. The largest absolute Gasteiger partial charge is 0.350 e. The van der Waals surface area contributed by atoms with Gasteiger partial charge in [0.15, 0.2) is 6.29 Å². The van der Waals surface area contributed by atoms with Gasteiger partial charge in [-0.05, 0) is 44.4 Å². The van der Waals surface area contributed by atoms with E-state index in [2.05, 4.69) is 15.2 Å². The van der Waals surface area contributed by atoms with Crippen molar-refractivity contribution in [2.75, 3.05) is 13.1 Å². The molecular weight excluding hydrogens is 314 g/mol. The van der Waals surface area contributed by atoms with E-state index in [1.807, 2.05) is 24.3 Å². The third-order valence-corrected chi connectivity index (χ3v) is 5.57. The van der Waals surface area contributed by atoms with Crippen LogP contribution >= 0.6 is 0 Å². The molecule has 5 nitrogen and oxygen atoms in total. The number of pyridine rings is 1. The lowest BCUT2D eigenvalue weighted by molar-refractivity contribution is 0.0889. The lowest BCUT2D eigenvalue weighted by atomic mass is 9.91. The summed E-state index contributed by atoms with van der Waals surface area (Å²) in [7, 11) is 0. The Bertz CT molecular complexity index is 801. The fraction of sp³-hybridized carbons (Fsp3) is 0.450. The first-order valence-corrected chi connectivity index (χ1v) is 9.15. The number of nitrogens with zero attached hydrogens (tertiary/aromatic N) is 2. The maximum absolute atomic E-state index is 12.7. The molecule has 1 aromatic heterocycles. The van der Waals surface area contributed by atoms with Crippen molar-refractivity contribution in [2.24, 2.45) is 0 Å². The Morgan fingerprint density at radius 2 is 2.08 bits per heavy atom. The molecule has 1 saturated carbocycles. The number of fused-ring (bicyclic) bond motifs is 1. The number of carbonyl (C=O) groups is 2. The van der Waals surface area contributed by atoms with Gasteiger partial charge < -0.3 is 5.32 Å². The van der Waals surface area contributed by atoms with E-state index in [9.17, 15) is 9.59 Å². The standard InChI is InChI=1S/C20H23N3O2/c24-13-19-17(11-14-5-1-2-9-18(14)22-19)20(25)21-12-16-8-4-10-23(16)15-6-3-7-15/h1-2,5,9,11,13,15-16H,3-4,6-8,10,12H2,(H,21,25)/t16-/m0/s1. The number of likely N-dealkylation sites (tertiary alicyclic amines) is 1. The van der Waals surface area contributed by atoms with Gasteiger partial charge in [-0.3, -0.25) is 14.5 Å². The lowest BCUT2D eigenvalue weighted by Gasteiger charge is -2.38. The SMILES string of the molecule is O=Cc1nc2ccccc2cc1C(=O)NC[C@@H]1CCCN1C1CCC1. The second-order valence-corrected chi connectivity index (χ2v) is 7.06. The number of rotatable bonds is 5. The Hall–Kier alpha value is -2.27. The molecule has 2 aromatic rings. The van der Waals surface area contributed by atoms with Crippen molar-refractivity contribution < 1.29 is 9.59 Å². The molecule has 1 aliphatic carbocycles. The molecule has 0 spiro atoms. The summed E-state index contributed by atoms with van der Waals surface area (Å²) in [6.07, 6.45) is 6.90. The molecular formula is C20H23N3O2. The molecule has 0 unspecified atom stereocenters. The number of nitrogens with one attached hydrogen (secondary N) is 1. The van der Waals surface area contributed by atoms with E-state index in [0.29, 0.717) is 30.5 Å². The van der Waals surface area contributed by atoms with Crippen LogP contribution < -0.4 is 5.32 Å². The van der Waals surface area contributed by atoms with Gasteiger partial charge >= 0.3 is 0 Å². The summed E-state index contributed by atoms with van der Waals surface area (Å²) in [5, 5.41) is 3.90. The predicted molar refractivity (Wildman–Crippen MR) is 96.8 cm³/mol. The van der Waals surface area contributed by atoms with Crippen LogP contribution in [-0.4, -0.2) is 47.3 Å². The highest BCUT2D eigenvalue weighted by Gasteiger charge is 2.33. The zero-order valence-corrected chi connectivity index (χ0v) is 14.3. The fourth-order valence-corrected chi connectivity index (χ4v) is 3.98. The number of hydrogen-bond donors (Lipinski definition) is 1. The zero-order chi connectivity index (χ0) is 17.2. The zero-order valence-electron chi connectivity index (χ0n) is 14.3. The highest BCUT2D eigenvalue weighted by molar-refractivity contribution is 6.03. The summed E-state index contributed by atoms with van der Waals surface area (Å²) in [5.41, 5.74) is 1.30. The highest BCUT2D eigenvalue weighted by Crippen LogP contribution is 2.31. The van der Waals surface area contributed by atoms with Gasteiger partial charge in [-0.15, -0.1) is 0 Å². The molecule has 1 amide bonds. The number of para-hydroxylation sites is 1. The number of carbonyl (C=O) groups excluding carboxylic acids is 2. The molecule has 5 heteroatoms. The topological polar surface area (TPSA) is 62.3 Å². The fourth-order valence-electron chi connectivity index (χ4n) is 3.98. The summed E-state index contributed by atoms with van der Waals surface area (Å²) < 4.78 is 0. The number of amides is 1. The Balaban J connectivity index is 1.49. The quantitative estimate of drug-likeness (QED) is 0.852. The minimum Gasteiger partial charge on any atom is -0.350 e. The van der Waals surface area contributed by atoms with Crippen LogP contribution in [0.5, 0.6) is 0 Å². The molecule has 1 atom stereocenters. The highest BCUT2D eigenvalue weighted by atomic mass is 16.1. The van der Waals surface area contributed by atoms with Crippen molar-refractivity contribution in [1.82, 2.24) is 15.2 Å². The minimum atomic E-state index is -0.208. The lowest BCUT2D eigenvalue weighted by Crippen LogP contribution is -2.47. The maximum atomic E-state index is 12.7. The van der Waals surface area contributed by atoms with E-state index >= 15 is 0 Å². The molecule has 2 heterocycles. The van der Waals surface area contributed by atoms with Crippen LogP contribution in [0, 0.1) is 0 Å². The van der Waals surface area contributed by atoms with E-state index in [1.165, 1.54) is 25.7 Å². The van der Waals surface area contributed by atoms with Gasteiger partial charge in [-0.1, -0.05) is 24.6 Å². The van der Waals surface area contributed by atoms with Crippen molar-refractivity contribution in [3.63, 3.8) is 0 Å². The van der Waals surface area contributed by atoms with Gasteiger partial charge in [0, 0.05) is 24.0 Å². The molecule has 4 rings (SSSR count). The molecule has 1 saturated heterocycles. The molecule has 1 N–H and O–H groups in total. The summed E-state index contributed by atoms with van der Waals surface area (Å²) in [4.78, 5) is 30.9. The van der Waals surface area contributed by atoms with Gasteiger partial charge in [0.2, 0.25) is 0 Å². The molecule has 0 bridgehead atoms. The van der Waals surface area contributed by atoms with E-state index in [0.717, 1.165) is 23.9 Å². The van der Waals surface area contributed by atoms with E-state index in [-0.39, 0.29) is 11.6 Å². The number of aldehydes is 1. The second-order valence-electron chi connectivity index (χ2n) is 7.06. The normalized spacial score (nSPS) is 21.2. The Morgan fingerprint density at radius 3 is 2.84 bits per heavy atom. The summed E-state index contributed by atoms with van der Waals surface area (Å²) >= 11 is 0. The van der Waals surface area contributed by atoms with E-state index < -0.39 is 0 Å². The smallest absolute Gasteiger partial charge is 0.253 e. The van der Waals surface area contributed by atoms with Crippen molar-refractivity contribution in [3.05, 3.63) is 41.6 Å². The molecule has 25 heavy (non-hydrogen) atoms. The third kappa shape index (κ3) is 3.16. The molecule has 1 aliphatic heterocycles. The Morgan fingerprint density at radius 1 is 1.24 bits per heavy atom. The van der Waals surface area contributed by atoms with Crippen molar-refractivity contribution in [2.45, 2.75) is 44.2 Å². The average molecular weight is 337 g/mol. The third-order valence-electron chi connectivity index (χ3n) is 5.57. The number of benzene rings is 1. The van der Waals surface area contributed by atoms with Gasteiger partial charge in [0.25, 0.3) is 5.91 Å². The van der Waals surface area contributed by atoms with Gasteiger partial charge in [-0.2, -0.15) is 0 Å². The number of aromatic nitrogens is 1. The predicted octanol–water partition coefficient (Wildman–Crippen LogP) is 2.79. The van der Waals surface area contributed by atoms with Crippen molar-refractivity contribution in [1.29, 1.82) is 0 Å². The molecule has 1 aromatic carbocycles. The number of hydrogen-bond acceptors (Lipinski definition) is 4. The first kappa shape index (κ1) is 16.2. The first-order chi connectivity index (χ1) is 12.3. The Labute approximate surface area is 147 Å². The van der Waals surface area contributed by atoms with Crippen molar-refractivity contribution in [3.8, 4) is 0 Å².